The zero-order valence-electron chi connectivity index (χ0n) is 37.5. The molecule has 0 aliphatic carbocycles. The molecule has 3 heterocycles. The molecule has 3 aliphatic heterocycles. The number of hydrogen-bond acceptors (Lipinski definition) is 18. The van der Waals surface area contributed by atoms with E-state index in [0.717, 1.165) is 0 Å². The molecule has 0 spiro atoms. The van der Waals surface area contributed by atoms with Crippen LogP contribution in [0.15, 0.2) is 94.4 Å². The number of ether oxygens (including phenoxy) is 1. The van der Waals surface area contributed by atoms with E-state index in [1.165, 1.54) is 43.5 Å². The molecular formula is C44H52N3O17S4-3. The Labute approximate surface area is 396 Å². The third kappa shape index (κ3) is 13.4. The van der Waals surface area contributed by atoms with Crippen LogP contribution in [-0.2, 0) is 75.3 Å². The predicted molar refractivity (Wildman–Crippen MR) is 241 cm³/mol. The number of carbonyl (C=O) groups is 3. The molecule has 0 radical (unpaired) electrons. The molecule has 2 atom stereocenters. The minimum atomic E-state index is -4.92. The minimum Gasteiger partial charge on any atom is -0.748 e. The van der Waals surface area contributed by atoms with E-state index in [2.05, 4.69) is 0 Å². The number of anilines is 1. The van der Waals surface area contributed by atoms with Crippen molar-refractivity contribution in [1.82, 2.24) is 5.06 Å². The summed E-state index contributed by atoms with van der Waals surface area (Å²) < 4.78 is 150. The smallest absolute Gasteiger partial charge is 0.333 e. The van der Waals surface area contributed by atoms with Crippen molar-refractivity contribution in [1.29, 1.82) is 0 Å². The van der Waals surface area contributed by atoms with Gasteiger partial charge in [-0.3, -0.25) is 9.59 Å². The second-order valence-corrected chi connectivity index (χ2v) is 22.7. The number of carbonyl (C=O) groups excluding carboxylic acids is 3. The summed E-state index contributed by atoms with van der Waals surface area (Å²) in [7, 11) is -17.5. The Hall–Kier alpha value is -4.92. The highest BCUT2D eigenvalue weighted by molar-refractivity contribution is 7.86. The molecular weight excluding hydrogens is 971 g/mol. The largest absolute Gasteiger partial charge is 0.748 e. The van der Waals surface area contributed by atoms with Crippen molar-refractivity contribution in [3.8, 4) is 0 Å². The summed E-state index contributed by atoms with van der Waals surface area (Å²) in [5.41, 5.74) is 0.938. The first kappa shape index (κ1) is 54.0. The number of fused-ring (bicyclic) bond motifs is 2. The summed E-state index contributed by atoms with van der Waals surface area (Å²) in [4.78, 5) is 41.9. The first-order valence-electron chi connectivity index (χ1n) is 21.5. The number of hydroxylamine groups is 2. The van der Waals surface area contributed by atoms with Crippen molar-refractivity contribution in [2.24, 2.45) is 0 Å². The van der Waals surface area contributed by atoms with E-state index >= 15 is 0 Å². The van der Waals surface area contributed by atoms with Gasteiger partial charge in [0, 0.05) is 85.3 Å². The number of rotatable bonds is 24. The third-order valence-corrected chi connectivity index (χ3v) is 15.3. The van der Waals surface area contributed by atoms with Crippen LogP contribution in [0.5, 0.6) is 0 Å². The predicted octanol–water partition coefficient (Wildman–Crippen LogP) is 3.65. The zero-order chi connectivity index (χ0) is 50.3. The van der Waals surface area contributed by atoms with Gasteiger partial charge in [0.05, 0.1) is 42.0 Å². The lowest BCUT2D eigenvalue weighted by molar-refractivity contribution is -0.438. The second-order valence-electron chi connectivity index (χ2n) is 16.9. The van der Waals surface area contributed by atoms with E-state index < -0.39 is 90.4 Å². The Bertz CT molecular complexity index is 2890. The number of nitrogens with zero attached hydrogens (tertiary/aromatic N) is 3. The van der Waals surface area contributed by atoms with Crippen LogP contribution in [0, 0.1) is 0 Å². The molecule has 3 aliphatic rings. The van der Waals surface area contributed by atoms with Crippen LogP contribution in [0.2, 0.25) is 0 Å². The number of unbranched alkanes of at least 4 members (excludes halogenated alkanes) is 2. The van der Waals surface area contributed by atoms with Gasteiger partial charge in [-0.25, -0.2) is 38.5 Å². The quantitative estimate of drug-likeness (QED) is 0.0476. The SMILES string of the molecule is COCCN1/C(=C/C=C/C=C/C=C/C2=[N+](CCCCCC(=O)ON3C(=O)CCC3=O)c3ccc(S(=O)(=O)[O-])cc3C2(C)CCCS(=O)(=O)[O-])C(C)(CCCS(=O)(=O)[O-])c2cc(S(=O)(=O)[O-])ccc21. The molecule has 2 amide bonds. The maximum absolute atomic E-state index is 12.4. The first-order chi connectivity index (χ1) is 31.7. The lowest BCUT2D eigenvalue weighted by Gasteiger charge is -2.30. The molecule has 68 heavy (non-hydrogen) atoms. The van der Waals surface area contributed by atoms with E-state index in [1.54, 1.807) is 56.4 Å². The molecule has 0 bridgehead atoms. The number of allylic oxidation sites excluding steroid dienone is 8. The van der Waals surface area contributed by atoms with Crippen LogP contribution >= 0.6 is 0 Å². The summed E-state index contributed by atoms with van der Waals surface area (Å²) in [6.45, 7) is 4.31. The average molecular weight is 1020 g/mol. The summed E-state index contributed by atoms with van der Waals surface area (Å²) in [6, 6.07) is 7.82. The fraction of sp³-hybridized carbons (Fsp3) is 0.455. The Morgan fingerprint density at radius 1 is 0.721 bits per heavy atom. The van der Waals surface area contributed by atoms with Crippen molar-refractivity contribution in [3.05, 3.63) is 95.8 Å². The summed E-state index contributed by atoms with van der Waals surface area (Å²) >= 11 is 0. The first-order valence-corrected chi connectivity index (χ1v) is 27.4. The highest BCUT2D eigenvalue weighted by Crippen LogP contribution is 2.51. The molecule has 2 unspecified atom stereocenters. The lowest BCUT2D eigenvalue weighted by Crippen LogP contribution is -2.32. The molecule has 5 rings (SSSR count). The normalized spacial score (nSPS) is 20.8. The Morgan fingerprint density at radius 3 is 1.87 bits per heavy atom. The average Bonchev–Trinajstić information content (AvgIpc) is 3.76. The number of hydrogen-bond donors (Lipinski definition) is 0. The van der Waals surface area contributed by atoms with Gasteiger partial charge < -0.3 is 32.7 Å². The van der Waals surface area contributed by atoms with Gasteiger partial charge in [0.25, 0.3) is 11.8 Å². The zero-order valence-corrected chi connectivity index (χ0v) is 40.8. The standard InChI is InChI=1S/C44H55N3O17S4/c1-43(23-12-28-65(51,52)53)34-30-32(67(57,58)59)17-19-36(34)45(25-11-7-10-16-42(50)64-47-40(48)21-22-41(47)49)38(43)14-8-5-4-6-9-15-39-44(2,24-13-29-66(54,55)56)35-31-33(68(60,61)62)18-20-37(35)46(39)26-27-63-3/h4-6,8-9,14-15,17-20,30-31H,7,10-13,16,21-29H2,1-3H3,(H3-,51,52,53,54,55,56,57,58,59,60,61,62)/p-3. The summed E-state index contributed by atoms with van der Waals surface area (Å²) in [6.07, 6.45) is 12.8. The fourth-order valence-corrected chi connectivity index (χ4v) is 10.8. The molecule has 0 saturated carbocycles. The maximum atomic E-state index is 12.4. The van der Waals surface area contributed by atoms with Gasteiger partial charge in [0.15, 0.2) is 5.71 Å². The number of imide groups is 1. The van der Waals surface area contributed by atoms with Gasteiger partial charge in [-0.1, -0.05) is 30.4 Å². The minimum absolute atomic E-state index is 0.0474. The van der Waals surface area contributed by atoms with Crippen LogP contribution in [0.4, 0.5) is 11.4 Å². The van der Waals surface area contributed by atoms with E-state index in [-0.39, 0.29) is 58.1 Å². The van der Waals surface area contributed by atoms with Crippen molar-refractivity contribution in [2.75, 3.05) is 43.2 Å². The van der Waals surface area contributed by atoms with Crippen molar-refractivity contribution >= 4 is 75.3 Å². The van der Waals surface area contributed by atoms with Crippen molar-refractivity contribution < 1.29 is 80.4 Å². The summed E-state index contributed by atoms with van der Waals surface area (Å²) in [5.74, 6) is -3.34. The lowest BCUT2D eigenvalue weighted by atomic mass is 9.76. The van der Waals surface area contributed by atoms with Gasteiger partial charge >= 0.3 is 5.97 Å². The number of amides is 2. The fourth-order valence-electron chi connectivity index (χ4n) is 8.78. The Kier molecular flexibility index (Phi) is 17.3. The van der Waals surface area contributed by atoms with Gasteiger partial charge in [-0.05, 0) is 94.3 Å². The van der Waals surface area contributed by atoms with Crippen LogP contribution in [0.25, 0.3) is 0 Å². The second kappa shape index (κ2) is 21.8. The highest BCUT2D eigenvalue weighted by Gasteiger charge is 2.48. The van der Waals surface area contributed by atoms with Crippen LogP contribution < -0.4 is 4.90 Å². The molecule has 372 valence electrons. The topological polar surface area (TPSA) is 308 Å². The number of benzene rings is 2. The molecule has 24 heteroatoms. The van der Waals surface area contributed by atoms with Gasteiger partial charge in [0.2, 0.25) is 5.69 Å². The molecule has 1 saturated heterocycles. The van der Waals surface area contributed by atoms with Crippen LogP contribution in [0.3, 0.4) is 0 Å². The van der Waals surface area contributed by atoms with Crippen LogP contribution in [-0.4, -0.2) is 123 Å². The molecule has 20 nitrogen and oxygen atoms in total. The maximum Gasteiger partial charge on any atom is 0.333 e. The van der Waals surface area contributed by atoms with Crippen LogP contribution in [0.1, 0.15) is 89.2 Å². The highest BCUT2D eigenvalue weighted by atomic mass is 32.2. The van der Waals surface area contributed by atoms with Crippen molar-refractivity contribution in [3.63, 3.8) is 0 Å². The Morgan fingerprint density at radius 2 is 1.28 bits per heavy atom. The number of methoxy groups -OCH3 is 1. The van der Waals surface area contributed by atoms with Gasteiger partial charge in [-0.2, -0.15) is 4.58 Å². The molecule has 2 aromatic carbocycles. The monoisotopic (exact) mass is 1020 g/mol. The van der Waals surface area contributed by atoms with E-state index in [1.807, 2.05) is 9.48 Å². The van der Waals surface area contributed by atoms with E-state index in [9.17, 15) is 66.3 Å². The van der Waals surface area contributed by atoms with Gasteiger partial charge in [-0.15, -0.1) is 5.06 Å². The molecule has 0 N–H and O–H groups in total. The van der Waals surface area contributed by atoms with Crippen molar-refractivity contribution in [2.45, 2.75) is 98.7 Å². The Balaban J connectivity index is 1.45. The van der Waals surface area contributed by atoms with E-state index in [0.29, 0.717) is 64.8 Å². The molecule has 0 aromatic heterocycles. The van der Waals surface area contributed by atoms with Gasteiger partial charge in [0.1, 0.15) is 26.8 Å². The molecule has 2 aromatic rings. The summed E-state index contributed by atoms with van der Waals surface area (Å²) in [5, 5.41) is 0.471. The molecule has 1 fully saturated rings. The third-order valence-electron chi connectivity index (χ3n) is 12.1. The van der Waals surface area contributed by atoms with E-state index in [4.69, 9.17) is 9.57 Å².